The lowest BCUT2D eigenvalue weighted by atomic mass is 9.95. The number of rotatable bonds is 2. The Morgan fingerprint density at radius 2 is 2.15 bits per heavy atom. The van der Waals surface area contributed by atoms with Crippen molar-refractivity contribution >= 4 is 11.9 Å². The van der Waals surface area contributed by atoms with Gasteiger partial charge in [0.05, 0.1) is 12.2 Å². The van der Waals surface area contributed by atoms with Crippen molar-refractivity contribution in [1.82, 2.24) is 5.32 Å². The third-order valence-corrected chi connectivity index (χ3v) is 3.56. The summed E-state index contributed by atoms with van der Waals surface area (Å²) in [5.41, 5.74) is -2.08. The van der Waals surface area contributed by atoms with Crippen molar-refractivity contribution in [2.24, 2.45) is 0 Å². The van der Waals surface area contributed by atoms with Gasteiger partial charge in [0, 0.05) is 0 Å². The zero-order valence-electron chi connectivity index (χ0n) is 10.9. The van der Waals surface area contributed by atoms with E-state index in [9.17, 15) is 25.0 Å². The van der Waals surface area contributed by atoms with Gasteiger partial charge in [-0.3, -0.25) is 4.79 Å². The van der Waals surface area contributed by atoms with Crippen LogP contribution in [0.1, 0.15) is 13.8 Å². The average molecular weight is 288 g/mol. The third-order valence-electron chi connectivity index (χ3n) is 3.56. The second-order valence-corrected chi connectivity index (χ2v) is 5.16. The molecular formula is C11H16N2O7. The smallest absolute Gasteiger partial charge is 0.430 e. The van der Waals surface area contributed by atoms with E-state index in [1.54, 1.807) is 0 Å². The zero-order chi connectivity index (χ0) is 15.3. The molecule has 9 heteroatoms. The number of aliphatic hydroxyl groups is 3. The Morgan fingerprint density at radius 1 is 1.55 bits per heavy atom. The maximum Gasteiger partial charge on any atom is 0.430 e. The van der Waals surface area contributed by atoms with Crippen molar-refractivity contribution < 1.29 is 34.3 Å². The van der Waals surface area contributed by atoms with E-state index in [-0.39, 0.29) is 5.57 Å². The quantitative estimate of drug-likeness (QED) is 0.350. The van der Waals surface area contributed by atoms with Gasteiger partial charge >= 0.3 is 6.03 Å². The maximum atomic E-state index is 12.7. The van der Waals surface area contributed by atoms with Crippen molar-refractivity contribution in [3.05, 3.63) is 17.0 Å². The number of carbonyl (C=O) groups excluding carboxylic acids is 2. The predicted octanol–water partition coefficient (Wildman–Crippen LogP) is -1.72. The minimum absolute atomic E-state index is 0.0130. The van der Waals surface area contributed by atoms with Crippen LogP contribution in [0.5, 0.6) is 0 Å². The van der Waals surface area contributed by atoms with Gasteiger partial charge in [-0.2, -0.15) is 0 Å². The van der Waals surface area contributed by atoms with Gasteiger partial charge in [-0.05, 0) is 13.8 Å². The van der Waals surface area contributed by atoms with Crippen molar-refractivity contribution in [3.8, 4) is 0 Å². The lowest BCUT2D eigenvalue weighted by Gasteiger charge is -2.45. The van der Waals surface area contributed by atoms with E-state index in [0.717, 1.165) is 13.1 Å². The van der Waals surface area contributed by atoms with E-state index in [1.807, 2.05) is 5.32 Å². The van der Waals surface area contributed by atoms with Gasteiger partial charge in [0.15, 0.2) is 5.60 Å². The number of imide groups is 1. The number of nitrogens with zero attached hydrogens (tertiary/aromatic N) is 1. The highest BCUT2D eigenvalue weighted by molar-refractivity contribution is 6.03. The first-order valence-electron chi connectivity index (χ1n) is 5.96. The summed E-state index contributed by atoms with van der Waals surface area (Å²) in [4.78, 5) is 23.1. The predicted molar refractivity (Wildman–Crippen MR) is 63.3 cm³/mol. The first-order chi connectivity index (χ1) is 9.14. The molecule has 0 spiro atoms. The highest BCUT2D eigenvalue weighted by atomic mass is 16.7. The molecule has 9 nitrogen and oxygen atoms in total. The van der Waals surface area contributed by atoms with E-state index >= 15 is 0 Å². The number of hydrogen-bond acceptors (Lipinski definition) is 7. The van der Waals surface area contributed by atoms with Gasteiger partial charge in [-0.25, -0.2) is 14.8 Å². The van der Waals surface area contributed by atoms with Gasteiger partial charge in [-0.1, -0.05) is 0 Å². The molecule has 1 fully saturated rings. The Balaban J connectivity index is 2.44. The fourth-order valence-electron chi connectivity index (χ4n) is 2.38. The number of hydrogen-bond donors (Lipinski definition) is 4. The van der Waals surface area contributed by atoms with E-state index in [2.05, 4.69) is 0 Å². The standard InChI is InChI=1S/C11H16N2O7/c1-5-3-13(19,10(17)12-8(5)16)9-11(2,18)7(15)6(4-14)20-9/h3,6-7,9,14-15,18H,4H2,1-2H3,(H,12,16,17)/t6-,7-,9-,11-,13?/m1/s1. The van der Waals surface area contributed by atoms with Crippen LogP contribution < -0.4 is 5.32 Å². The van der Waals surface area contributed by atoms with E-state index in [1.165, 1.54) is 6.92 Å². The fourth-order valence-corrected chi connectivity index (χ4v) is 2.38. The van der Waals surface area contributed by atoms with Crippen molar-refractivity contribution in [2.45, 2.75) is 37.9 Å². The molecule has 1 unspecified atom stereocenters. The monoisotopic (exact) mass is 288 g/mol. The molecule has 0 bridgehead atoms. The summed E-state index contributed by atoms with van der Waals surface area (Å²) in [5.74, 6) is -0.712. The van der Waals surface area contributed by atoms with Gasteiger partial charge in [-0.15, -0.1) is 0 Å². The molecule has 0 aromatic heterocycles. The van der Waals surface area contributed by atoms with Crippen LogP contribution in [0.15, 0.2) is 11.8 Å². The summed E-state index contributed by atoms with van der Waals surface area (Å²) < 4.78 is 3.33. The topological polar surface area (TPSA) is 139 Å². The number of hydroxylamine groups is 3. The minimum Gasteiger partial charge on any atom is -0.617 e. The SMILES string of the molecule is CC1=C[N+]([O-])([C@@H]2O[C@H](CO)[C@@H](O)[C@@]2(C)O)C(=O)NC1=O. The van der Waals surface area contributed by atoms with Gasteiger partial charge in [0.25, 0.3) is 5.91 Å². The van der Waals surface area contributed by atoms with Crippen molar-refractivity contribution in [2.75, 3.05) is 6.61 Å². The van der Waals surface area contributed by atoms with Crippen LogP contribution in [-0.2, 0) is 9.53 Å². The fraction of sp³-hybridized carbons (Fsp3) is 0.636. The Bertz CT molecular complexity index is 489. The summed E-state index contributed by atoms with van der Waals surface area (Å²) in [5, 5.41) is 43.6. The molecule has 0 saturated carbocycles. The Labute approximate surface area is 114 Å². The molecule has 112 valence electrons. The normalized spacial score (nSPS) is 45.3. The number of aliphatic hydroxyl groups excluding tert-OH is 2. The molecule has 20 heavy (non-hydrogen) atoms. The summed E-state index contributed by atoms with van der Waals surface area (Å²) in [6, 6.07) is -1.23. The lowest BCUT2D eigenvalue weighted by molar-refractivity contribution is -0.813. The summed E-state index contributed by atoms with van der Waals surface area (Å²) >= 11 is 0. The van der Waals surface area contributed by atoms with Gasteiger partial charge in [0.1, 0.15) is 18.4 Å². The van der Waals surface area contributed by atoms with Crippen LogP contribution in [0.2, 0.25) is 0 Å². The first-order valence-corrected chi connectivity index (χ1v) is 5.96. The molecule has 0 radical (unpaired) electrons. The molecule has 3 amide bonds. The molecule has 2 rings (SSSR count). The molecule has 2 aliphatic rings. The summed E-state index contributed by atoms with van der Waals surface area (Å²) in [7, 11) is 0. The van der Waals surface area contributed by atoms with Crippen LogP contribution in [0.4, 0.5) is 4.79 Å². The van der Waals surface area contributed by atoms with Gasteiger partial charge in [0.2, 0.25) is 6.23 Å². The molecule has 0 aliphatic carbocycles. The number of urea groups is 1. The Morgan fingerprint density at radius 3 is 2.65 bits per heavy atom. The van der Waals surface area contributed by atoms with Crippen LogP contribution in [0.25, 0.3) is 0 Å². The van der Waals surface area contributed by atoms with Crippen molar-refractivity contribution in [1.29, 1.82) is 0 Å². The van der Waals surface area contributed by atoms with Crippen LogP contribution in [0, 0.1) is 5.21 Å². The number of nitrogens with one attached hydrogen (secondary N) is 1. The Kier molecular flexibility index (Phi) is 3.45. The van der Waals surface area contributed by atoms with Gasteiger partial charge < -0.3 is 25.3 Å². The average Bonchev–Trinajstić information content (AvgIpc) is 2.59. The summed E-state index contributed by atoms with van der Waals surface area (Å²) in [6.45, 7) is 1.83. The van der Waals surface area contributed by atoms with Crippen LogP contribution >= 0.6 is 0 Å². The number of ether oxygens (including phenoxy) is 1. The van der Waals surface area contributed by atoms with E-state index in [4.69, 9.17) is 9.84 Å². The highest BCUT2D eigenvalue weighted by Crippen LogP contribution is 2.38. The van der Waals surface area contributed by atoms with Crippen molar-refractivity contribution in [3.63, 3.8) is 0 Å². The zero-order valence-corrected chi connectivity index (χ0v) is 10.9. The summed E-state index contributed by atoms with van der Waals surface area (Å²) in [6.07, 6.45) is -3.62. The van der Waals surface area contributed by atoms with E-state index < -0.39 is 47.2 Å². The molecular weight excluding hydrogens is 272 g/mol. The number of quaternary nitrogens is 1. The maximum absolute atomic E-state index is 12.7. The Hall–Kier alpha value is -1.36. The molecule has 0 aromatic carbocycles. The second-order valence-electron chi connectivity index (χ2n) is 5.16. The van der Waals surface area contributed by atoms with Crippen LogP contribution in [-0.4, -0.2) is 62.5 Å². The first kappa shape index (κ1) is 15.0. The lowest BCUT2D eigenvalue weighted by Crippen LogP contribution is -2.66. The number of amides is 3. The van der Waals surface area contributed by atoms with E-state index in [0.29, 0.717) is 0 Å². The minimum atomic E-state index is -2.07. The molecule has 2 heterocycles. The number of carbonyl (C=O) groups is 2. The molecule has 5 atom stereocenters. The van der Waals surface area contributed by atoms with Crippen LogP contribution in [0.3, 0.4) is 0 Å². The molecule has 4 N–H and O–H groups in total. The molecule has 2 aliphatic heterocycles. The highest BCUT2D eigenvalue weighted by Gasteiger charge is 2.61. The third kappa shape index (κ3) is 1.95. The molecule has 1 saturated heterocycles. The largest absolute Gasteiger partial charge is 0.617 e. The molecule has 0 aromatic rings. The second kappa shape index (κ2) is 4.58.